The number of nitrogens with zero attached hydrogens (tertiary/aromatic N) is 4. The molecule has 0 atom stereocenters. The summed E-state index contributed by atoms with van der Waals surface area (Å²) in [5.74, 6) is 1.34. The number of anilines is 1. The highest BCUT2D eigenvalue weighted by Crippen LogP contribution is 2.41. The van der Waals surface area contributed by atoms with Crippen LogP contribution in [0.4, 0.5) is 10.7 Å². The van der Waals surface area contributed by atoms with E-state index in [2.05, 4.69) is 30.3 Å². The van der Waals surface area contributed by atoms with Gasteiger partial charge in [-0.25, -0.2) is 4.79 Å². The fourth-order valence-electron chi connectivity index (χ4n) is 4.05. The summed E-state index contributed by atoms with van der Waals surface area (Å²) in [5.41, 5.74) is 0. The molecule has 1 aliphatic heterocycles. The molecule has 1 aromatic rings. The van der Waals surface area contributed by atoms with Gasteiger partial charge in [0.05, 0.1) is 0 Å². The van der Waals surface area contributed by atoms with Crippen molar-refractivity contribution in [2.45, 2.75) is 81.4 Å². The Labute approximate surface area is 170 Å². The normalized spacial score (nSPS) is 20.4. The minimum absolute atomic E-state index is 0.215. The molecule has 0 bridgehead atoms. The highest BCUT2D eigenvalue weighted by Gasteiger charge is 2.32. The molecular weight excluding hydrogens is 376 g/mol. The highest BCUT2D eigenvalue weighted by molar-refractivity contribution is 7.99. The number of carbonyl (C=O) groups is 2. The summed E-state index contributed by atoms with van der Waals surface area (Å²) in [7, 11) is 0. The Morgan fingerprint density at radius 2 is 1.75 bits per heavy atom. The second kappa shape index (κ2) is 9.15. The molecule has 8 nitrogen and oxygen atoms in total. The largest absolute Gasteiger partial charge is 0.341 e. The summed E-state index contributed by atoms with van der Waals surface area (Å²) in [5, 5.41) is 15.1. The Kier molecular flexibility index (Phi) is 6.39. The van der Waals surface area contributed by atoms with Gasteiger partial charge in [0.2, 0.25) is 11.9 Å². The quantitative estimate of drug-likeness (QED) is 0.677. The Hall–Kier alpha value is -1.77. The predicted octanol–water partition coefficient (Wildman–Crippen LogP) is 2.85. The number of hydrogen-bond acceptors (Lipinski definition) is 6. The first-order chi connectivity index (χ1) is 13.7. The molecule has 3 fully saturated rings. The van der Waals surface area contributed by atoms with Gasteiger partial charge in [0.25, 0.3) is 0 Å². The van der Waals surface area contributed by atoms with Gasteiger partial charge in [0.1, 0.15) is 0 Å². The molecule has 3 aliphatic rings. The molecule has 0 unspecified atom stereocenters. The van der Waals surface area contributed by atoms with Crippen LogP contribution in [0.2, 0.25) is 0 Å². The molecule has 28 heavy (non-hydrogen) atoms. The zero-order valence-corrected chi connectivity index (χ0v) is 17.2. The third-order valence-electron chi connectivity index (χ3n) is 5.70. The van der Waals surface area contributed by atoms with Crippen LogP contribution < -0.4 is 15.5 Å². The number of urea groups is 1. The maximum Gasteiger partial charge on any atom is 0.321 e. The Morgan fingerprint density at radius 1 is 1.00 bits per heavy atom. The van der Waals surface area contributed by atoms with Gasteiger partial charge in [-0.15, -0.1) is 10.2 Å². The molecule has 154 valence electrons. The van der Waals surface area contributed by atoms with E-state index in [-0.39, 0.29) is 18.0 Å². The number of aromatic nitrogens is 3. The monoisotopic (exact) mass is 406 g/mol. The number of amides is 3. The molecule has 2 N–H and O–H groups in total. The predicted molar refractivity (Wildman–Crippen MR) is 109 cm³/mol. The standard InChI is InChI=1S/C19H30N6O2S/c26-16(21-17(27)20-14-6-2-3-7-14)10-13-28-19-23-22-18(25(19)15-8-9-15)24-11-4-1-5-12-24/h14-15H,1-13H2,(H2,20,21,26,27). The van der Waals surface area contributed by atoms with Crippen LogP contribution in [0.3, 0.4) is 0 Å². The summed E-state index contributed by atoms with van der Waals surface area (Å²) in [6.45, 7) is 2.10. The van der Waals surface area contributed by atoms with Crippen LogP contribution in [0.15, 0.2) is 5.16 Å². The number of imide groups is 1. The van der Waals surface area contributed by atoms with Crippen molar-refractivity contribution in [3.8, 4) is 0 Å². The summed E-state index contributed by atoms with van der Waals surface area (Å²) >= 11 is 1.56. The van der Waals surface area contributed by atoms with Crippen LogP contribution in [0.5, 0.6) is 0 Å². The summed E-state index contributed by atoms with van der Waals surface area (Å²) in [4.78, 5) is 26.3. The molecule has 2 saturated carbocycles. The van der Waals surface area contributed by atoms with Crippen LogP contribution in [-0.4, -0.2) is 51.6 Å². The lowest BCUT2D eigenvalue weighted by molar-refractivity contribution is -0.119. The number of carbonyl (C=O) groups excluding carboxylic acids is 2. The third-order valence-corrected chi connectivity index (χ3v) is 6.65. The average Bonchev–Trinajstić information content (AvgIpc) is 3.23. The first kappa shape index (κ1) is 19.5. The van der Waals surface area contributed by atoms with E-state index in [4.69, 9.17) is 0 Å². The van der Waals surface area contributed by atoms with Crippen molar-refractivity contribution in [2.24, 2.45) is 0 Å². The highest BCUT2D eigenvalue weighted by atomic mass is 32.2. The zero-order valence-electron chi connectivity index (χ0n) is 16.4. The Balaban J connectivity index is 1.26. The minimum atomic E-state index is -0.365. The van der Waals surface area contributed by atoms with Crippen LogP contribution in [0, 0.1) is 0 Å². The maximum atomic E-state index is 12.1. The van der Waals surface area contributed by atoms with Gasteiger partial charge in [-0.05, 0) is 44.9 Å². The van der Waals surface area contributed by atoms with Gasteiger partial charge >= 0.3 is 6.03 Å². The first-order valence-electron chi connectivity index (χ1n) is 10.6. The molecule has 2 aliphatic carbocycles. The SMILES string of the molecule is O=C(CCSc1nnc(N2CCCCC2)n1C1CC1)NC(=O)NC1CCCC1. The maximum absolute atomic E-state index is 12.1. The fraction of sp³-hybridized carbons (Fsp3) is 0.789. The number of thioether (sulfide) groups is 1. The smallest absolute Gasteiger partial charge is 0.321 e. The van der Waals surface area contributed by atoms with E-state index in [9.17, 15) is 9.59 Å². The molecule has 1 aromatic heterocycles. The van der Waals surface area contributed by atoms with Gasteiger partial charge < -0.3 is 10.2 Å². The van der Waals surface area contributed by atoms with Gasteiger partial charge in [-0.2, -0.15) is 0 Å². The first-order valence-corrected chi connectivity index (χ1v) is 11.6. The second-order valence-corrected chi connectivity index (χ2v) is 9.10. The molecule has 4 rings (SSSR count). The minimum Gasteiger partial charge on any atom is -0.341 e. The second-order valence-electron chi connectivity index (χ2n) is 8.03. The average molecular weight is 407 g/mol. The zero-order chi connectivity index (χ0) is 19.3. The van der Waals surface area contributed by atoms with Crippen molar-refractivity contribution in [1.29, 1.82) is 0 Å². The van der Waals surface area contributed by atoms with E-state index in [0.29, 0.717) is 18.2 Å². The molecule has 9 heteroatoms. The van der Waals surface area contributed by atoms with Crippen molar-refractivity contribution in [3.05, 3.63) is 0 Å². The Bertz CT molecular complexity index is 693. The van der Waals surface area contributed by atoms with Crippen LogP contribution in [-0.2, 0) is 4.79 Å². The fourth-order valence-corrected chi connectivity index (χ4v) is 4.98. The molecule has 0 radical (unpaired) electrons. The number of piperidine rings is 1. The third kappa shape index (κ3) is 4.98. The lowest BCUT2D eigenvalue weighted by Gasteiger charge is -2.27. The van der Waals surface area contributed by atoms with Crippen molar-refractivity contribution in [1.82, 2.24) is 25.4 Å². The van der Waals surface area contributed by atoms with Gasteiger partial charge in [0.15, 0.2) is 5.16 Å². The summed E-state index contributed by atoms with van der Waals surface area (Å²) < 4.78 is 2.26. The van der Waals surface area contributed by atoms with Crippen molar-refractivity contribution in [2.75, 3.05) is 23.7 Å². The van der Waals surface area contributed by atoms with Crippen LogP contribution in [0.25, 0.3) is 0 Å². The number of rotatable bonds is 7. The van der Waals surface area contributed by atoms with Crippen LogP contribution in [0.1, 0.15) is 70.3 Å². The number of nitrogens with one attached hydrogen (secondary N) is 2. The van der Waals surface area contributed by atoms with E-state index in [0.717, 1.165) is 49.9 Å². The van der Waals surface area contributed by atoms with E-state index in [1.807, 2.05) is 0 Å². The lowest BCUT2D eigenvalue weighted by Crippen LogP contribution is -2.43. The molecule has 0 spiro atoms. The van der Waals surface area contributed by atoms with E-state index >= 15 is 0 Å². The van der Waals surface area contributed by atoms with E-state index in [1.54, 1.807) is 11.8 Å². The Morgan fingerprint density at radius 3 is 2.46 bits per heavy atom. The molecule has 0 aromatic carbocycles. The van der Waals surface area contributed by atoms with E-state index < -0.39 is 0 Å². The topological polar surface area (TPSA) is 92.2 Å². The summed E-state index contributed by atoms with van der Waals surface area (Å²) in [6, 6.07) is 0.350. The molecular formula is C19H30N6O2S. The molecule has 2 heterocycles. The van der Waals surface area contributed by atoms with E-state index in [1.165, 1.54) is 32.1 Å². The molecule has 1 saturated heterocycles. The molecule has 3 amide bonds. The van der Waals surface area contributed by atoms with Gasteiger partial charge in [-0.3, -0.25) is 14.7 Å². The lowest BCUT2D eigenvalue weighted by atomic mass is 10.1. The van der Waals surface area contributed by atoms with Crippen LogP contribution >= 0.6 is 11.8 Å². The van der Waals surface area contributed by atoms with Crippen molar-refractivity contribution >= 4 is 29.6 Å². The number of hydrogen-bond donors (Lipinski definition) is 2. The summed E-state index contributed by atoms with van der Waals surface area (Å²) in [6.07, 6.45) is 10.7. The van der Waals surface area contributed by atoms with Crippen molar-refractivity contribution < 1.29 is 9.59 Å². The van der Waals surface area contributed by atoms with Gasteiger partial charge in [0, 0.05) is 37.3 Å². The van der Waals surface area contributed by atoms with Crippen molar-refractivity contribution in [3.63, 3.8) is 0 Å². The van der Waals surface area contributed by atoms with Gasteiger partial charge in [-0.1, -0.05) is 24.6 Å².